The van der Waals surface area contributed by atoms with Crippen molar-refractivity contribution in [2.24, 2.45) is 23.5 Å². The molecule has 2 saturated carbocycles. The Balaban J connectivity index is 1.41. The number of carbonyl (C=O) groups excluding carboxylic acids is 1. The highest BCUT2D eigenvalue weighted by atomic mass is 16.6. The van der Waals surface area contributed by atoms with Crippen LogP contribution in [0.2, 0.25) is 0 Å². The predicted molar refractivity (Wildman–Crippen MR) is 125 cm³/mol. The lowest BCUT2D eigenvalue weighted by molar-refractivity contribution is -0.143. The Morgan fingerprint density at radius 2 is 2.18 bits per heavy atom. The molecule has 3 fully saturated rings. The number of ether oxygens (including phenoxy) is 3. The molecule has 0 radical (unpaired) electrons. The fourth-order valence-corrected chi connectivity index (χ4v) is 7.58. The molecule has 7 heteroatoms. The van der Waals surface area contributed by atoms with Gasteiger partial charge in [-0.2, -0.15) is 0 Å². The molecule has 1 aromatic carbocycles. The third-order valence-corrected chi connectivity index (χ3v) is 9.22. The van der Waals surface area contributed by atoms with E-state index >= 15 is 0 Å². The molecule has 2 aliphatic heterocycles. The number of amides is 1. The Labute approximate surface area is 196 Å². The normalized spacial score (nSPS) is 37.2. The Kier molecular flexibility index (Phi) is 5.16. The van der Waals surface area contributed by atoms with E-state index in [0.29, 0.717) is 18.5 Å². The van der Waals surface area contributed by atoms with Crippen molar-refractivity contribution >= 4 is 5.91 Å². The van der Waals surface area contributed by atoms with Gasteiger partial charge in [0.05, 0.1) is 19.3 Å². The number of methoxy groups -OCH3 is 2. The lowest BCUT2D eigenvalue weighted by atomic mass is 9.49. The SMILES string of the molecule is COc1ccc2c3c1OC1C(OC)C(CNC(=O)C(C)N)CC4C(C2)N(CC2CC2)CCC341. The average Bonchev–Trinajstić information content (AvgIpc) is 3.56. The van der Waals surface area contributed by atoms with Gasteiger partial charge in [-0.05, 0) is 69.0 Å². The first-order valence-electron chi connectivity index (χ1n) is 12.6. The molecule has 2 heterocycles. The van der Waals surface area contributed by atoms with Crippen LogP contribution in [0.1, 0.15) is 43.7 Å². The fourth-order valence-electron chi connectivity index (χ4n) is 7.58. The van der Waals surface area contributed by atoms with Crippen molar-refractivity contribution in [2.45, 2.75) is 68.7 Å². The van der Waals surface area contributed by atoms with Gasteiger partial charge in [-0.1, -0.05) is 6.07 Å². The van der Waals surface area contributed by atoms with Gasteiger partial charge in [-0.15, -0.1) is 0 Å². The van der Waals surface area contributed by atoms with E-state index in [1.54, 1.807) is 21.1 Å². The smallest absolute Gasteiger partial charge is 0.236 e. The van der Waals surface area contributed by atoms with Crippen LogP contribution < -0.4 is 20.5 Å². The fraction of sp³-hybridized carbons (Fsp3) is 0.731. The van der Waals surface area contributed by atoms with Gasteiger partial charge in [0.1, 0.15) is 6.10 Å². The van der Waals surface area contributed by atoms with Gasteiger partial charge >= 0.3 is 0 Å². The lowest BCUT2D eigenvalue weighted by Gasteiger charge is -2.61. The van der Waals surface area contributed by atoms with Crippen molar-refractivity contribution in [1.82, 2.24) is 10.2 Å². The van der Waals surface area contributed by atoms with E-state index in [9.17, 15) is 4.79 Å². The molecule has 5 aliphatic rings. The maximum atomic E-state index is 12.3. The highest BCUT2D eigenvalue weighted by Gasteiger charge is 2.67. The molecule has 7 unspecified atom stereocenters. The first kappa shape index (κ1) is 21.7. The minimum atomic E-state index is -0.511. The Hall–Kier alpha value is -1.83. The molecule has 180 valence electrons. The Morgan fingerprint density at radius 3 is 2.88 bits per heavy atom. The third-order valence-electron chi connectivity index (χ3n) is 9.22. The molecule has 6 rings (SSSR count). The molecule has 1 spiro atoms. The van der Waals surface area contributed by atoms with Gasteiger partial charge in [0.2, 0.25) is 5.91 Å². The largest absolute Gasteiger partial charge is 0.493 e. The van der Waals surface area contributed by atoms with E-state index in [2.05, 4.69) is 22.3 Å². The summed E-state index contributed by atoms with van der Waals surface area (Å²) in [6, 6.07) is 4.35. The number of likely N-dealkylation sites (tertiary alicyclic amines) is 1. The maximum absolute atomic E-state index is 12.3. The summed E-state index contributed by atoms with van der Waals surface area (Å²) >= 11 is 0. The lowest BCUT2D eigenvalue weighted by Crippen LogP contribution is -2.69. The summed E-state index contributed by atoms with van der Waals surface area (Å²) in [5.74, 6) is 3.20. The van der Waals surface area contributed by atoms with E-state index in [1.807, 2.05) is 0 Å². The van der Waals surface area contributed by atoms with E-state index < -0.39 is 6.04 Å². The van der Waals surface area contributed by atoms with Crippen molar-refractivity contribution in [3.05, 3.63) is 23.3 Å². The van der Waals surface area contributed by atoms with Gasteiger partial charge in [0, 0.05) is 43.1 Å². The van der Waals surface area contributed by atoms with Crippen LogP contribution in [-0.2, 0) is 21.4 Å². The van der Waals surface area contributed by atoms with Crippen molar-refractivity contribution < 1.29 is 19.0 Å². The molecule has 3 N–H and O–H groups in total. The number of hydrogen-bond acceptors (Lipinski definition) is 6. The molecule has 1 amide bonds. The standard InChI is InChI=1S/C26H37N3O4/c1-14(27)25(30)28-12-17-10-18-19-11-16-6-7-20(31-2)23-21(16)26(18,24(33-23)22(17)32-3)8-9-29(19)13-15-4-5-15/h6-7,14-15,17-19,22,24H,4-5,8-13,27H2,1-3H3,(H,28,30). The van der Waals surface area contributed by atoms with E-state index in [1.165, 1.54) is 30.5 Å². The van der Waals surface area contributed by atoms with Crippen LogP contribution >= 0.6 is 0 Å². The highest BCUT2D eigenvalue weighted by molar-refractivity contribution is 5.80. The minimum absolute atomic E-state index is 0.0372. The molecular weight excluding hydrogens is 418 g/mol. The summed E-state index contributed by atoms with van der Waals surface area (Å²) in [5.41, 5.74) is 8.59. The maximum Gasteiger partial charge on any atom is 0.236 e. The van der Waals surface area contributed by atoms with Gasteiger partial charge in [0.25, 0.3) is 0 Å². The second kappa shape index (κ2) is 7.85. The van der Waals surface area contributed by atoms with Crippen LogP contribution in [0.5, 0.6) is 11.5 Å². The monoisotopic (exact) mass is 455 g/mol. The van der Waals surface area contributed by atoms with Crippen molar-refractivity contribution in [2.75, 3.05) is 33.9 Å². The van der Waals surface area contributed by atoms with E-state index in [-0.39, 0.29) is 29.4 Å². The Morgan fingerprint density at radius 1 is 1.36 bits per heavy atom. The molecule has 3 aliphatic carbocycles. The summed E-state index contributed by atoms with van der Waals surface area (Å²) < 4.78 is 18.7. The van der Waals surface area contributed by atoms with Crippen LogP contribution in [-0.4, -0.2) is 69.0 Å². The quantitative estimate of drug-likeness (QED) is 0.653. The van der Waals surface area contributed by atoms with Gasteiger partial charge in [0.15, 0.2) is 11.5 Å². The van der Waals surface area contributed by atoms with Gasteiger partial charge in [-0.25, -0.2) is 0 Å². The van der Waals surface area contributed by atoms with Gasteiger partial charge in [-0.3, -0.25) is 9.69 Å². The molecule has 7 nitrogen and oxygen atoms in total. The summed E-state index contributed by atoms with van der Waals surface area (Å²) in [7, 11) is 3.51. The van der Waals surface area contributed by atoms with Crippen molar-refractivity contribution in [3.8, 4) is 11.5 Å². The Bertz CT molecular complexity index is 948. The molecule has 7 atom stereocenters. The first-order valence-corrected chi connectivity index (χ1v) is 12.6. The highest BCUT2D eigenvalue weighted by Crippen LogP contribution is 2.65. The van der Waals surface area contributed by atoms with Crippen LogP contribution in [0.4, 0.5) is 0 Å². The first-order chi connectivity index (χ1) is 16.0. The molecule has 1 saturated heterocycles. The van der Waals surface area contributed by atoms with Crippen LogP contribution in [0.25, 0.3) is 0 Å². The zero-order chi connectivity index (χ0) is 22.9. The molecule has 1 aromatic rings. The number of benzene rings is 1. The number of rotatable bonds is 7. The molecule has 0 aromatic heterocycles. The second-order valence-corrected chi connectivity index (χ2v) is 11.0. The summed E-state index contributed by atoms with van der Waals surface area (Å²) in [5, 5.41) is 3.08. The number of nitrogens with one attached hydrogen (secondary N) is 1. The number of nitrogens with zero attached hydrogens (tertiary/aromatic N) is 1. The number of hydrogen-bond donors (Lipinski definition) is 2. The zero-order valence-corrected chi connectivity index (χ0v) is 20.0. The minimum Gasteiger partial charge on any atom is -0.493 e. The third kappa shape index (κ3) is 3.15. The average molecular weight is 456 g/mol. The van der Waals surface area contributed by atoms with Crippen molar-refractivity contribution in [3.63, 3.8) is 0 Å². The number of carbonyl (C=O) groups is 1. The summed E-state index contributed by atoms with van der Waals surface area (Å²) in [6.07, 6.45) is 5.79. The topological polar surface area (TPSA) is 86.0 Å². The molecule has 2 bridgehead atoms. The zero-order valence-electron chi connectivity index (χ0n) is 20.0. The van der Waals surface area contributed by atoms with Crippen LogP contribution in [0.3, 0.4) is 0 Å². The second-order valence-electron chi connectivity index (χ2n) is 11.0. The van der Waals surface area contributed by atoms with Crippen LogP contribution in [0, 0.1) is 17.8 Å². The summed E-state index contributed by atoms with van der Waals surface area (Å²) in [4.78, 5) is 15.1. The number of nitrogens with two attached hydrogens (primary N) is 1. The molecule has 33 heavy (non-hydrogen) atoms. The number of piperidine rings is 1. The van der Waals surface area contributed by atoms with Crippen LogP contribution in [0.15, 0.2) is 12.1 Å². The van der Waals surface area contributed by atoms with Crippen molar-refractivity contribution in [1.29, 1.82) is 0 Å². The van der Waals surface area contributed by atoms with Gasteiger partial charge < -0.3 is 25.3 Å². The van der Waals surface area contributed by atoms with E-state index in [4.69, 9.17) is 19.9 Å². The molecular formula is C26H37N3O4. The predicted octanol–water partition coefficient (Wildman–Crippen LogP) is 1.85. The summed E-state index contributed by atoms with van der Waals surface area (Å²) in [6.45, 7) is 4.64. The van der Waals surface area contributed by atoms with E-state index in [0.717, 1.165) is 43.2 Å².